The maximum absolute atomic E-state index is 13.3. The van der Waals surface area contributed by atoms with Gasteiger partial charge in [-0.05, 0) is 38.5 Å². The molecule has 0 aromatic carbocycles. The molecular formula is C73H143NO10. The second-order valence-corrected chi connectivity index (χ2v) is 26.4. The molecule has 0 aliphatic carbocycles. The summed E-state index contributed by atoms with van der Waals surface area (Å²) in [4.78, 5) is 13.3. The molecule has 500 valence electrons. The third-order valence-electron chi connectivity index (χ3n) is 18.3. The van der Waals surface area contributed by atoms with E-state index in [1.54, 1.807) is 0 Å². The monoisotopic (exact) mass is 1190 g/mol. The van der Waals surface area contributed by atoms with Crippen LogP contribution in [-0.4, -0.2) is 110 Å². The number of unbranched alkanes of at least 4 members (excludes halogenated alkanes) is 52. The molecule has 1 aliphatic heterocycles. The van der Waals surface area contributed by atoms with E-state index in [1.165, 1.54) is 308 Å². The highest BCUT2D eigenvalue weighted by Crippen LogP contribution is 2.24. The smallest absolute Gasteiger partial charge is 0.249 e. The minimum absolute atomic E-state index is 0.260. The minimum atomic E-state index is -1.67. The zero-order valence-electron chi connectivity index (χ0n) is 55.4. The van der Waals surface area contributed by atoms with Crippen molar-refractivity contribution >= 4 is 5.91 Å². The standard InChI is InChI=1S/C73H143NO10/c1-3-5-7-9-11-13-15-17-19-21-23-25-27-29-31-32-33-35-36-38-40-42-44-46-48-50-52-54-56-58-60-65(76)68(78)64(63-83-73-71(81)70(80)69(79)67(62-75)84-73)74-72(82)66(77)61-59-57-55-53-51-49-47-45-43-41-39-37-34-30-28-26-24-22-20-18-16-14-12-10-8-6-4-2/h52,54,64-71,73,75-81H,3-51,53,55-63H2,1-2H3,(H,74,82)/b54-52+. The molecule has 1 fully saturated rings. The Balaban J connectivity index is 2.18. The van der Waals surface area contributed by atoms with Gasteiger partial charge in [0.05, 0.1) is 25.4 Å². The average Bonchev–Trinajstić information content (AvgIpc) is 3.66. The van der Waals surface area contributed by atoms with Gasteiger partial charge in [0, 0.05) is 0 Å². The molecule has 0 aromatic rings. The van der Waals surface area contributed by atoms with Gasteiger partial charge in [-0.25, -0.2) is 0 Å². The van der Waals surface area contributed by atoms with Crippen LogP contribution in [0.3, 0.4) is 0 Å². The number of carbonyl (C=O) groups excluding carboxylic acids is 1. The highest BCUT2D eigenvalue weighted by molar-refractivity contribution is 5.80. The summed E-state index contributed by atoms with van der Waals surface area (Å²) in [5.41, 5.74) is 0. The Labute approximate surface area is 519 Å². The van der Waals surface area contributed by atoms with Gasteiger partial charge in [-0.3, -0.25) is 4.79 Å². The molecule has 9 atom stereocenters. The predicted molar refractivity (Wildman–Crippen MR) is 353 cm³/mol. The number of allylic oxidation sites excluding steroid dienone is 2. The van der Waals surface area contributed by atoms with Crippen LogP contribution in [0.4, 0.5) is 0 Å². The lowest BCUT2D eigenvalue weighted by atomic mass is 9.98. The zero-order chi connectivity index (χ0) is 61.0. The van der Waals surface area contributed by atoms with Crippen LogP contribution >= 0.6 is 0 Å². The largest absolute Gasteiger partial charge is 0.394 e. The van der Waals surface area contributed by atoms with E-state index in [4.69, 9.17) is 9.47 Å². The van der Waals surface area contributed by atoms with E-state index in [1.807, 2.05) is 0 Å². The zero-order valence-corrected chi connectivity index (χ0v) is 55.4. The van der Waals surface area contributed by atoms with Gasteiger partial charge < -0.3 is 50.5 Å². The van der Waals surface area contributed by atoms with Crippen molar-refractivity contribution in [3.63, 3.8) is 0 Å². The van der Waals surface area contributed by atoms with Crippen LogP contribution in [-0.2, 0) is 14.3 Å². The number of hydrogen-bond donors (Lipinski definition) is 8. The number of nitrogens with one attached hydrogen (secondary N) is 1. The molecule has 1 aliphatic rings. The van der Waals surface area contributed by atoms with Gasteiger partial charge in [-0.1, -0.05) is 353 Å². The van der Waals surface area contributed by atoms with Gasteiger partial charge in [-0.15, -0.1) is 0 Å². The van der Waals surface area contributed by atoms with Gasteiger partial charge in [-0.2, -0.15) is 0 Å². The van der Waals surface area contributed by atoms with Crippen LogP contribution in [0.15, 0.2) is 12.2 Å². The second-order valence-electron chi connectivity index (χ2n) is 26.4. The minimum Gasteiger partial charge on any atom is -0.394 e. The molecule has 0 spiro atoms. The van der Waals surface area contributed by atoms with Crippen molar-refractivity contribution in [2.24, 2.45) is 0 Å². The molecule has 0 radical (unpaired) electrons. The van der Waals surface area contributed by atoms with Gasteiger partial charge in [0.2, 0.25) is 5.91 Å². The Bertz CT molecular complexity index is 1370. The SMILES string of the molecule is CCCCCCCCCCCCCCCCCCCCCCCCCCC/C=C/CCCC(O)C(O)C(COC1OC(CO)C(O)C(O)C1O)NC(=O)C(O)CCCCCCCCCCCCCCCCCCCCCCCCCCCCC. The fraction of sp³-hybridized carbons (Fsp3) is 0.959. The van der Waals surface area contributed by atoms with E-state index < -0.39 is 74.2 Å². The quantitative estimate of drug-likeness (QED) is 0.0215. The molecule has 1 rings (SSSR count). The second kappa shape index (κ2) is 62.1. The number of ether oxygens (including phenoxy) is 2. The topological polar surface area (TPSA) is 189 Å². The molecule has 0 bridgehead atoms. The molecule has 11 nitrogen and oxygen atoms in total. The number of rotatable bonds is 66. The third-order valence-corrected chi connectivity index (χ3v) is 18.3. The molecule has 11 heteroatoms. The lowest BCUT2D eigenvalue weighted by molar-refractivity contribution is -0.303. The number of aliphatic hydroxyl groups is 7. The predicted octanol–water partition coefficient (Wildman–Crippen LogP) is 18.2. The molecule has 1 heterocycles. The average molecular weight is 1190 g/mol. The molecule has 9 unspecified atom stereocenters. The van der Waals surface area contributed by atoms with Crippen molar-refractivity contribution < 1.29 is 50.0 Å². The Kier molecular flexibility index (Phi) is 59.7. The molecule has 0 saturated carbocycles. The molecule has 1 saturated heterocycles. The van der Waals surface area contributed by atoms with Crippen molar-refractivity contribution in [1.29, 1.82) is 0 Å². The molecular weight excluding hydrogens is 1050 g/mol. The summed E-state index contributed by atoms with van der Waals surface area (Å²) in [6, 6.07) is -1.18. The summed E-state index contributed by atoms with van der Waals surface area (Å²) in [5.74, 6) is -0.697. The van der Waals surface area contributed by atoms with Crippen molar-refractivity contribution in [1.82, 2.24) is 5.32 Å². The van der Waals surface area contributed by atoms with Gasteiger partial charge in [0.25, 0.3) is 0 Å². The summed E-state index contributed by atoms with van der Waals surface area (Å²) in [7, 11) is 0. The summed E-state index contributed by atoms with van der Waals surface area (Å²) >= 11 is 0. The molecule has 84 heavy (non-hydrogen) atoms. The summed E-state index contributed by atoms with van der Waals surface area (Å²) in [5, 5.41) is 76.6. The van der Waals surface area contributed by atoms with Gasteiger partial charge >= 0.3 is 0 Å². The van der Waals surface area contributed by atoms with Crippen LogP contribution in [0.2, 0.25) is 0 Å². The number of aliphatic hydroxyl groups excluding tert-OH is 7. The van der Waals surface area contributed by atoms with Gasteiger partial charge in [0.15, 0.2) is 6.29 Å². The summed E-state index contributed by atoms with van der Waals surface area (Å²) in [6.07, 6.45) is 66.0. The summed E-state index contributed by atoms with van der Waals surface area (Å²) < 4.78 is 11.2. The Morgan fingerprint density at radius 1 is 0.405 bits per heavy atom. The normalized spacial score (nSPS) is 18.9. The van der Waals surface area contributed by atoms with E-state index in [2.05, 4.69) is 31.3 Å². The van der Waals surface area contributed by atoms with E-state index in [-0.39, 0.29) is 12.8 Å². The first kappa shape index (κ1) is 80.9. The highest BCUT2D eigenvalue weighted by Gasteiger charge is 2.44. The lowest BCUT2D eigenvalue weighted by Gasteiger charge is -2.40. The van der Waals surface area contributed by atoms with E-state index in [0.29, 0.717) is 12.8 Å². The van der Waals surface area contributed by atoms with Gasteiger partial charge in [0.1, 0.15) is 36.6 Å². The van der Waals surface area contributed by atoms with E-state index in [0.717, 1.165) is 32.1 Å². The Morgan fingerprint density at radius 3 is 1.02 bits per heavy atom. The Morgan fingerprint density at radius 2 is 0.702 bits per heavy atom. The van der Waals surface area contributed by atoms with Crippen LogP contribution in [0.25, 0.3) is 0 Å². The maximum atomic E-state index is 13.3. The molecule has 1 amide bonds. The molecule has 8 N–H and O–H groups in total. The van der Waals surface area contributed by atoms with Crippen LogP contribution in [0.1, 0.15) is 380 Å². The van der Waals surface area contributed by atoms with E-state index in [9.17, 15) is 40.5 Å². The first-order valence-corrected chi connectivity index (χ1v) is 37.1. The highest BCUT2D eigenvalue weighted by atomic mass is 16.7. The number of amides is 1. The van der Waals surface area contributed by atoms with Crippen molar-refractivity contribution in [3.8, 4) is 0 Å². The summed E-state index contributed by atoms with van der Waals surface area (Å²) in [6.45, 7) is 3.52. The maximum Gasteiger partial charge on any atom is 0.249 e. The first-order valence-electron chi connectivity index (χ1n) is 37.1. The van der Waals surface area contributed by atoms with Crippen molar-refractivity contribution in [2.45, 2.75) is 435 Å². The van der Waals surface area contributed by atoms with Crippen molar-refractivity contribution in [2.75, 3.05) is 13.2 Å². The van der Waals surface area contributed by atoms with Crippen LogP contribution in [0.5, 0.6) is 0 Å². The lowest BCUT2D eigenvalue weighted by Crippen LogP contribution is -2.60. The van der Waals surface area contributed by atoms with Crippen LogP contribution in [0, 0.1) is 0 Å². The number of hydrogen-bond acceptors (Lipinski definition) is 10. The molecule has 0 aromatic heterocycles. The first-order chi connectivity index (χ1) is 41.2. The van der Waals surface area contributed by atoms with E-state index >= 15 is 0 Å². The van der Waals surface area contributed by atoms with Crippen LogP contribution < -0.4 is 5.32 Å². The third kappa shape index (κ3) is 48.7. The fourth-order valence-electron chi connectivity index (χ4n) is 12.4. The Hall–Kier alpha value is -1.15. The van der Waals surface area contributed by atoms with Crippen molar-refractivity contribution in [3.05, 3.63) is 12.2 Å². The fourth-order valence-corrected chi connectivity index (χ4v) is 12.4. The number of carbonyl (C=O) groups is 1.